The highest BCUT2D eigenvalue weighted by molar-refractivity contribution is 9.10. The van der Waals surface area contributed by atoms with Crippen LogP contribution in [0.25, 0.3) is 0 Å². The number of nitrogens with zero attached hydrogens (tertiary/aromatic N) is 1. The highest BCUT2D eigenvalue weighted by Crippen LogP contribution is 2.52. The van der Waals surface area contributed by atoms with E-state index in [0.29, 0.717) is 0 Å². The minimum Gasteiger partial charge on any atom is -0.324 e. The second kappa shape index (κ2) is 3.84. The molecule has 4 heteroatoms. The molecule has 16 heavy (non-hydrogen) atoms. The smallest absolute Gasteiger partial charge is 0.228 e. The molecule has 1 saturated carbocycles. The molecule has 0 spiro atoms. The van der Waals surface area contributed by atoms with Gasteiger partial charge in [-0.05, 0) is 46.8 Å². The van der Waals surface area contributed by atoms with Gasteiger partial charge in [0.2, 0.25) is 5.91 Å². The molecule has 0 radical (unpaired) electrons. The summed E-state index contributed by atoms with van der Waals surface area (Å²) in [6.45, 7) is 6.12. The molecule has 0 saturated heterocycles. The third-order valence-corrected chi connectivity index (χ3v) is 3.58. The van der Waals surface area contributed by atoms with E-state index in [-0.39, 0.29) is 17.2 Å². The number of aromatic nitrogens is 1. The van der Waals surface area contributed by atoms with Crippen LogP contribution in [0.4, 0.5) is 5.69 Å². The molecule has 1 N–H and O–H groups in total. The Labute approximate surface area is 104 Å². The lowest BCUT2D eigenvalue weighted by atomic mass is 10.1. The molecule has 2 rings (SSSR count). The number of hydrogen-bond donors (Lipinski definition) is 1. The summed E-state index contributed by atoms with van der Waals surface area (Å²) in [5, 5.41) is 2.93. The number of halogens is 1. The third-order valence-electron chi connectivity index (χ3n) is 3.14. The van der Waals surface area contributed by atoms with Crippen molar-refractivity contribution in [1.29, 1.82) is 0 Å². The van der Waals surface area contributed by atoms with Gasteiger partial charge in [0, 0.05) is 5.92 Å². The van der Waals surface area contributed by atoms with E-state index in [2.05, 4.69) is 40.1 Å². The fourth-order valence-electron chi connectivity index (χ4n) is 1.80. The second-order valence-corrected chi connectivity index (χ2v) is 5.81. The van der Waals surface area contributed by atoms with Gasteiger partial charge in [-0.2, -0.15) is 0 Å². The van der Waals surface area contributed by atoms with Crippen molar-refractivity contribution < 1.29 is 4.79 Å². The van der Waals surface area contributed by atoms with E-state index in [1.54, 1.807) is 0 Å². The van der Waals surface area contributed by atoms with Gasteiger partial charge in [0.1, 0.15) is 4.60 Å². The summed E-state index contributed by atoms with van der Waals surface area (Å²) < 4.78 is 0.787. The maximum absolute atomic E-state index is 11.9. The molecule has 86 valence electrons. The van der Waals surface area contributed by atoms with Crippen molar-refractivity contribution in [3.8, 4) is 0 Å². The number of carbonyl (C=O) groups excluding carboxylic acids is 1. The van der Waals surface area contributed by atoms with E-state index in [4.69, 9.17) is 0 Å². The molecule has 1 aliphatic carbocycles. The van der Waals surface area contributed by atoms with Crippen molar-refractivity contribution in [3.63, 3.8) is 0 Å². The average Bonchev–Trinajstić information content (AvgIpc) is 2.80. The van der Waals surface area contributed by atoms with Crippen LogP contribution in [-0.2, 0) is 4.79 Å². The van der Waals surface area contributed by atoms with Crippen LogP contribution in [0.1, 0.15) is 26.0 Å². The Bertz CT molecular complexity index is 443. The van der Waals surface area contributed by atoms with Gasteiger partial charge in [-0.1, -0.05) is 13.8 Å². The van der Waals surface area contributed by atoms with E-state index in [0.717, 1.165) is 22.4 Å². The zero-order valence-electron chi connectivity index (χ0n) is 9.67. The SMILES string of the molecule is Cc1nc(Br)ccc1NC(=O)C1CC1(C)C. The molecule has 1 aromatic rings. The highest BCUT2D eigenvalue weighted by Gasteiger charge is 2.50. The quantitative estimate of drug-likeness (QED) is 0.847. The molecule has 0 aromatic carbocycles. The van der Waals surface area contributed by atoms with Crippen molar-refractivity contribution in [3.05, 3.63) is 22.4 Å². The summed E-state index contributed by atoms with van der Waals surface area (Å²) in [6, 6.07) is 3.71. The van der Waals surface area contributed by atoms with Gasteiger partial charge in [-0.15, -0.1) is 0 Å². The van der Waals surface area contributed by atoms with Gasteiger partial charge < -0.3 is 5.32 Å². The summed E-state index contributed by atoms with van der Waals surface area (Å²) in [5.41, 5.74) is 1.80. The van der Waals surface area contributed by atoms with Crippen molar-refractivity contribution in [2.75, 3.05) is 5.32 Å². The van der Waals surface area contributed by atoms with E-state index in [1.165, 1.54) is 0 Å². The van der Waals surface area contributed by atoms with Crippen LogP contribution < -0.4 is 5.32 Å². The molecule has 1 amide bonds. The lowest BCUT2D eigenvalue weighted by Gasteiger charge is -2.08. The summed E-state index contributed by atoms with van der Waals surface area (Å²) >= 11 is 3.30. The predicted molar refractivity (Wildman–Crippen MR) is 67.2 cm³/mol. The fraction of sp³-hybridized carbons (Fsp3) is 0.500. The van der Waals surface area contributed by atoms with Crippen LogP contribution >= 0.6 is 15.9 Å². The van der Waals surface area contributed by atoms with Crippen LogP contribution in [0, 0.1) is 18.3 Å². The number of amides is 1. The minimum atomic E-state index is 0.109. The standard InChI is InChI=1S/C12H15BrN2O/c1-7-9(4-5-10(13)14-7)15-11(16)8-6-12(8,2)3/h4-5,8H,6H2,1-3H3,(H,15,16). The van der Waals surface area contributed by atoms with Crippen molar-refractivity contribution in [2.24, 2.45) is 11.3 Å². The maximum atomic E-state index is 11.9. The van der Waals surface area contributed by atoms with E-state index in [1.807, 2.05) is 19.1 Å². The molecule has 1 unspecified atom stereocenters. The van der Waals surface area contributed by atoms with Crippen LogP contribution in [0.3, 0.4) is 0 Å². The van der Waals surface area contributed by atoms with E-state index >= 15 is 0 Å². The van der Waals surface area contributed by atoms with Crippen molar-refractivity contribution in [2.45, 2.75) is 27.2 Å². The van der Waals surface area contributed by atoms with Gasteiger partial charge in [-0.3, -0.25) is 4.79 Å². The Kier molecular flexibility index (Phi) is 2.78. The van der Waals surface area contributed by atoms with Gasteiger partial charge in [0.25, 0.3) is 0 Å². The Balaban J connectivity index is 2.07. The first kappa shape index (κ1) is 11.6. The predicted octanol–water partition coefficient (Wildman–Crippen LogP) is 3.14. The first-order valence-electron chi connectivity index (χ1n) is 5.34. The second-order valence-electron chi connectivity index (χ2n) is 5.00. The summed E-state index contributed by atoms with van der Waals surface area (Å²) in [6.07, 6.45) is 0.974. The molecule has 1 aromatic heterocycles. The van der Waals surface area contributed by atoms with Crippen LogP contribution in [0.5, 0.6) is 0 Å². The Morgan fingerprint density at radius 2 is 2.19 bits per heavy atom. The summed E-state index contributed by atoms with van der Waals surface area (Å²) in [4.78, 5) is 16.1. The van der Waals surface area contributed by atoms with Crippen molar-refractivity contribution >= 4 is 27.5 Å². The molecule has 1 fully saturated rings. The zero-order valence-corrected chi connectivity index (χ0v) is 11.3. The van der Waals surface area contributed by atoms with Crippen LogP contribution in [0.15, 0.2) is 16.7 Å². The number of carbonyl (C=O) groups is 1. The van der Waals surface area contributed by atoms with E-state index < -0.39 is 0 Å². The van der Waals surface area contributed by atoms with Crippen molar-refractivity contribution in [1.82, 2.24) is 4.98 Å². The van der Waals surface area contributed by atoms with Crippen LogP contribution in [0.2, 0.25) is 0 Å². The van der Waals surface area contributed by atoms with Gasteiger partial charge in [0.15, 0.2) is 0 Å². The molecule has 1 atom stereocenters. The Morgan fingerprint density at radius 3 is 2.69 bits per heavy atom. The monoisotopic (exact) mass is 282 g/mol. The average molecular weight is 283 g/mol. The topological polar surface area (TPSA) is 42.0 Å². The molecular formula is C12H15BrN2O. The minimum absolute atomic E-state index is 0.109. The Hall–Kier alpha value is -0.900. The number of nitrogens with one attached hydrogen (secondary N) is 1. The lowest BCUT2D eigenvalue weighted by Crippen LogP contribution is -2.17. The summed E-state index contributed by atoms with van der Waals surface area (Å²) in [5.74, 6) is 0.257. The normalized spacial score (nSPS) is 21.6. The molecule has 1 aliphatic rings. The number of aryl methyl sites for hydroxylation is 1. The number of anilines is 1. The number of hydrogen-bond acceptors (Lipinski definition) is 2. The first-order chi connectivity index (χ1) is 7.40. The largest absolute Gasteiger partial charge is 0.324 e. The highest BCUT2D eigenvalue weighted by atomic mass is 79.9. The molecule has 0 bridgehead atoms. The number of pyridine rings is 1. The van der Waals surface area contributed by atoms with Gasteiger partial charge in [-0.25, -0.2) is 4.98 Å². The lowest BCUT2D eigenvalue weighted by molar-refractivity contribution is -0.118. The first-order valence-corrected chi connectivity index (χ1v) is 6.13. The third kappa shape index (κ3) is 2.26. The molecular weight excluding hydrogens is 268 g/mol. The fourth-order valence-corrected chi connectivity index (χ4v) is 2.20. The van der Waals surface area contributed by atoms with Crippen LogP contribution in [-0.4, -0.2) is 10.9 Å². The summed E-state index contributed by atoms with van der Waals surface area (Å²) in [7, 11) is 0. The molecule has 0 aliphatic heterocycles. The number of rotatable bonds is 2. The van der Waals surface area contributed by atoms with Gasteiger partial charge >= 0.3 is 0 Å². The van der Waals surface area contributed by atoms with Gasteiger partial charge in [0.05, 0.1) is 11.4 Å². The Morgan fingerprint density at radius 1 is 1.56 bits per heavy atom. The zero-order chi connectivity index (χ0) is 11.9. The molecule has 1 heterocycles. The molecule has 3 nitrogen and oxygen atoms in total. The van der Waals surface area contributed by atoms with E-state index in [9.17, 15) is 4.79 Å². The maximum Gasteiger partial charge on any atom is 0.228 e.